The van der Waals surface area contributed by atoms with Gasteiger partial charge in [-0.1, -0.05) is 53.2 Å². The molecular formula is C15H22BrNO. The molecule has 3 heteroatoms. The largest absolute Gasteiger partial charge is 0.342 e. The minimum atomic E-state index is 0.00137. The Kier molecular flexibility index (Phi) is 7.02. The maximum atomic E-state index is 12.5. The predicted molar refractivity (Wildman–Crippen MR) is 80.1 cm³/mol. The van der Waals surface area contributed by atoms with E-state index in [2.05, 4.69) is 22.9 Å². The van der Waals surface area contributed by atoms with Crippen LogP contribution in [0.5, 0.6) is 0 Å². The van der Waals surface area contributed by atoms with Crippen LogP contribution in [-0.2, 0) is 4.79 Å². The zero-order valence-electron chi connectivity index (χ0n) is 11.2. The summed E-state index contributed by atoms with van der Waals surface area (Å²) in [5.41, 5.74) is 1.13. The average Bonchev–Trinajstić information content (AvgIpc) is 2.42. The monoisotopic (exact) mass is 311 g/mol. The van der Waals surface area contributed by atoms with Crippen molar-refractivity contribution in [1.82, 2.24) is 4.90 Å². The minimum absolute atomic E-state index is 0.00137. The van der Waals surface area contributed by atoms with E-state index in [-0.39, 0.29) is 11.8 Å². The van der Waals surface area contributed by atoms with E-state index in [1.807, 2.05) is 42.2 Å². The molecule has 1 unspecified atom stereocenters. The van der Waals surface area contributed by atoms with Crippen molar-refractivity contribution in [1.29, 1.82) is 0 Å². The Bertz CT molecular complexity index is 353. The van der Waals surface area contributed by atoms with Gasteiger partial charge in [0.15, 0.2) is 0 Å². The number of alkyl halides is 1. The lowest BCUT2D eigenvalue weighted by Gasteiger charge is -2.25. The van der Waals surface area contributed by atoms with Crippen molar-refractivity contribution in [3.05, 3.63) is 35.9 Å². The summed E-state index contributed by atoms with van der Waals surface area (Å²) in [6.45, 7) is 5.75. The molecule has 0 aliphatic rings. The summed E-state index contributed by atoms with van der Waals surface area (Å²) in [7, 11) is 0. The molecule has 0 aliphatic heterocycles. The van der Waals surface area contributed by atoms with Gasteiger partial charge >= 0.3 is 0 Å². The second-order valence-corrected chi connectivity index (χ2v) is 5.12. The van der Waals surface area contributed by atoms with E-state index in [0.717, 1.165) is 36.8 Å². The molecule has 1 aromatic rings. The molecule has 1 amide bonds. The van der Waals surface area contributed by atoms with Crippen LogP contribution in [0.15, 0.2) is 30.3 Å². The first-order valence-electron chi connectivity index (χ1n) is 6.64. The molecule has 0 spiro atoms. The smallest absolute Gasteiger partial charge is 0.230 e. The Morgan fingerprint density at radius 3 is 2.44 bits per heavy atom. The topological polar surface area (TPSA) is 20.3 Å². The third-order valence-electron chi connectivity index (χ3n) is 3.16. The van der Waals surface area contributed by atoms with E-state index in [9.17, 15) is 4.79 Å². The van der Waals surface area contributed by atoms with Gasteiger partial charge in [0.2, 0.25) is 5.91 Å². The molecule has 1 rings (SSSR count). The lowest BCUT2D eigenvalue weighted by molar-refractivity contribution is -0.132. The Labute approximate surface area is 119 Å². The van der Waals surface area contributed by atoms with E-state index in [0.29, 0.717) is 0 Å². The molecule has 0 saturated heterocycles. The van der Waals surface area contributed by atoms with Gasteiger partial charge in [-0.3, -0.25) is 4.79 Å². The summed E-state index contributed by atoms with van der Waals surface area (Å²) in [4.78, 5) is 14.5. The van der Waals surface area contributed by atoms with Gasteiger partial charge in [0.25, 0.3) is 0 Å². The molecule has 0 fully saturated rings. The van der Waals surface area contributed by atoms with Crippen molar-refractivity contribution < 1.29 is 4.79 Å². The Morgan fingerprint density at radius 1 is 1.28 bits per heavy atom. The number of carbonyl (C=O) groups excluding carboxylic acids is 1. The van der Waals surface area contributed by atoms with Crippen LogP contribution in [0.25, 0.3) is 0 Å². The Balaban J connectivity index is 2.78. The highest BCUT2D eigenvalue weighted by atomic mass is 79.9. The summed E-state index contributed by atoms with van der Waals surface area (Å²) in [6, 6.07) is 10.1. The fourth-order valence-corrected chi connectivity index (χ4v) is 2.38. The molecule has 0 aliphatic carbocycles. The van der Waals surface area contributed by atoms with Gasteiger partial charge in [0.05, 0.1) is 5.92 Å². The van der Waals surface area contributed by atoms with Gasteiger partial charge in [-0.25, -0.2) is 0 Å². The summed E-state index contributed by atoms with van der Waals surface area (Å²) in [5, 5.41) is 0.943. The van der Waals surface area contributed by atoms with Crippen LogP contribution in [0.3, 0.4) is 0 Å². The third-order valence-corrected chi connectivity index (χ3v) is 3.72. The predicted octanol–water partition coefficient (Wildman–Crippen LogP) is 3.81. The van der Waals surface area contributed by atoms with Crippen molar-refractivity contribution in [2.45, 2.75) is 32.6 Å². The van der Waals surface area contributed by atoms with E-state index in [1.165, 1.54) is 0 Å². The summed E-state index contributed by atoms with van der Waals surface area (Å²) in [6.07, 6.45) is 1.86. The normalized spacial score (nSPS) is 12.2. The van der Waals surface area contributed by atoms with Gasteiger partial charge in [-0.15, -0.1) is 0 Å². The molecule has 100 valence electrons. The highest BCUT2D eigenvalue weighted by Gasteiger charge is 2.22. The standard InChI is InChI=1S/C15H22BrNO/c1-3-14(13-9-6-5-7-10-13)15(18)17(4-2)12-8-11-16/h5-7,9-10,14H,3-4,8,11-12H2,1-2H3. The van der Waals surface area contributed by atoms with Crippen LogP contribution in [0.4, 0.5) is 0 Å². The molecule has 0 bridgehead atoms. The number of likely N-dealkylation sites (N-methyl/N-ethyl adjacent to an activating group) is 1. The van der Waals surface area contributed by atoms with Crippen LogP contribution in [-0.4, -0.2) is 29.2 Å². The molecule has 0 saturated carbocycles. The Morgan fingerprint density at radius 2 is 1.94 bits per heavy atom. The number of amides is 1. The van der Waals surface area contributed by atoms with Gasteiger partial charge in [-0.05, 0) is 25.3 Å². The number of benzene rings is 1. The molecule has 1 aromatic carbocycles. The molecular weight excluding hydrogens is 290 g/mol. The number of carbonyl (C=O) groups is 1. The maximum Gasteiger partial charge on any atom is 0.230 e. The van der Waals surface area contributed by atoms with Crippen molar-refractivity contribution in [3.63, 3.8) is 0 Å². The Hall–Kier alpha value is -0.830. The molecule has 18 heavy (non-hydrogen) atoms. The van der Waals surface area contributed by atoms with Gasteiger partial charge in [0, 0.05) is 18.4 Å². The lowest BCUT2D eigenvalue weighted by atomic mass is 9.95. The molecule has 0 radical (unpaired) electrons. The number of rotatable bonds is 7. The minimum Gasteiger partial charge on any atom is -0.342 e. The van der Waals surface area contributed by atoms with Gasteiger partial charge in [0.1, 0.15) is 0 Å². The van der Waals surface area contributed by atoms with Crippen LogP contribution < -0.4 is 0 Å². The van der Waals surface area contributed by atoms with Gasteiger partial charge < -0.3 is 4.90 Å². The zero-order valence-corrected chi connectivity index (χ0v) is 12.8. The van der Waals surface area contributed by atoms with E-state index < -0.39 is 0 Å². The molecule has 0 N–H and O–H groups in total. The van der Waals surface area contributed by atoms with Gasteiger partial charge in [-0.2, -0.15) is 0 Å². The second kappa shape index (κ2) is 8.30. The zero-order chi connectivity index (χ0) is 13.4. The quantitative estimate of drug-likeness (QED) is 0.701. The molecule has 2 nitrogen and oxygen atoms in total. The van der Waals surface area contributed by atoms with Crippen molar-refractivity contribution in [2.24, 2.45) is 0 Å². The fourth-order valence-electron chi connectivity index (χ4n) is 2.13. The van der Waals surface area contributed by atoms with Crippen LogP contribution >= 0.6 is 15.9 Å². The molecule has 0 heterocycles. The first-order chi connectivity index (χ1) is 8.74. The number of hydrogen-bond acceptors (Lipinski definition) is 1. The highest BCUT2D eigenvalue weighted by Crippen LogP contribution is 2.22. The third kappa shape index (κ3) is 4.13. The summed E-state index contributed by atoms with van der Waals surface area (Å²) < 4.78 is 0. The van der Waals surface area contributed by atoms with Crippen LogP contribution in [0.2, 0.25) is 0 Å². The summed E-state index contributed by atoms with van der Waals surface area (Å²) in [5.74, 6) is 0.258. The SMILES string of the molecule is CCC(C(=O)N(CC)CCCBr)c1ccccc1. The first kappa shape index (κ1) is 15.2. The highest BCUT2D eigenvalue weighted by molar-refractivity contribution is 9.09. The van der Waals surface area contributed by atoms with E-state index in [4.69, 9.17) is 0 Å². The molecule has 0 aromatic heterocycles. The van der Waals surface area contributed by atoms with Crippen molar-refractivity contribution >= 4 is 21.8 Å². The van der Waals surface area contributed by atoms with Crippen LogP contribution in [0, 0.1) is 0 Å². The number of nitrogens with zero attached hydrogens (tertiary/aromatic N) is 1. The second-order valence-electron chi connectivity index (χ2n) is 4.33. The lowest BCUT2D eigenvalue weighted by Crippen LogP contribution is -2.35. The van der Waals surface area contributed by atoms with Crippen molar-refractivity contribution in [2.75, 3.05) is 18.4 Å². The maximum absolute atomic E-state index is 12.5. The number of halogens is 1. The van der Waals surface area contributed by atoms with E-state index >= 15 is 0 Å². The number of hydrogen-bond donors (Lipinski definition) is 0. The average molecular weight is 312 g/mol. The fraction of sp³-hybridized carbons (Fsp3) is 0.533. The first-order valence-corrected chi connectivity index (χ1v) is 7.76. The van der Waals surface area contributed by atoms with Crippen LogP contribution in [0.1, 0.15) is 38.2 Å². The summed E-state index contributed by atoms with van der Waals surface area (Å²) >= 11 is 3.42. The molecule has 1 atom stereocenters. The van der Waals surface area contributed by atoms with E-state index in [1.54, 1.807) is 0 Å². The van der Waals surface area contributed by atoms with Crippen molar-refractivity contribution in [3.8, 4) is 0 Å².